The van der Waals surface area contributed by atoms with Crippen LogP contribution in [0.5, 0.6) is 0 Å². The van der Waals surface area contributed by atoms with Crippen LogP contribution in [0.3, 0.4) is 0 Å². The fourth-order valence-electron chi connectivity index (χ4n) is 1.92. The van der Waals surface area contributed by atoms with E-state index in [-0.39, 0.29) is 11.1 Å². The van der Waals surface area contributed by atoms with Gasteiger partial charge in [0.2, 0.25) is 0 Å². The molecule has 2 N–H and O–H groups in total. The van der Waals surface area contributed by atoms with E-state index in [1.807, 2.05) is 0 Å². The quantitative estimate of drug-likeness (QED) is 0.775. The summed E-state index contributed by atoms with van der Waals surface area (Å²) in [6.07, 6.45) is 0. The van der Waals surface area contributed by atoms with Crippen LogP contribution in [-0.4, -0.2) is 45.7 Å². The molecule has 2 amide bonds. The number of hydrogen-bond acceptors (Lipinski definition) is 4. The number of carbonyl (C=O) groups is 2. The molecule has 1 aliphatic heterocycles. The van der Waals surface area contributed by atoms with E-state index in [2.05, 4.69) is 0 Å². The van der Waals surface area contributed by atoms with E-state index in [9.17, 15) is 28.6 Å². The third kappa shape index (κ3) is 1.82. The predicted molar refractivity (Wildman–Crippen MR) is 59.4 cm³/mol. The van der Waals surface area contributed by atoms with E-state index >= 15 is 0 Å². The minimum atomic E-state index is -1.53. The summed E-state index contributed by atoms with van der Waals surface area (Å²) in [5, 5.41) is 18.4. The summed E-state index contributed by atoms with van der Waals surface area (Å²) in [5.41, 5.74) is -2.09. The third-order valence-electron chi connectivity index (χ3n) is 3.15. The van der Waals surface area contributed by atoms with Crippen molar-refractivity contribution in [3.63, 3.8) is 0 Å². The molecular formula is C12H11F2NO4. The summed E-state index contributed by atoms with van der Waals surface area (Å²) < 4.78 is 26.2. The number of benzene rings is 1. The van der Waals surface area contributed by atoms with Gasteiger partial charge in [0, 0.05) is 0 Å². The van der Waals surface area contributed by atoms with Gasteiger partial charge in [-0.2, -0.15) is 0 Å². The number of hydrogen-bond donors (Lipinski definition) is 2. The molecule has 7 heteroatoms. The highest BCUT2D eigenvalue weighted by Crippen LogP contribution is 2.30. The molecule has 102 valence electrons. The summed E-state index contributed by atoms with van der Waals surface area (Å²) in [5.74, 6) is -4.22. The highest BCUT2D eigenvalue weighted by atomic mass is 19.2. The number of aliphatic hydroxyl groups excluding tert-OH is 2. The van der Waals surface area contributed by atoms with Gasteiger partial charge in [-0.3, -0.25) is 14.5 Å². The van der Waals surface area contributed by atoms with Gasteiger partial charge in [-0.25, -0.2) is 8.78 Å². The van der Waals surface area contributed by atoms with Crippen LogP contribution < -0.4 is 0 Å². The van der Waals surface area contributed by atoms with Gasteiger partial charge in [-0.15, -0.1) is 0 Å². The van der Waals surface area contributed by atoms with Crippen molar-refractivity contribution in [2.45, 2.75) is 12.5 Å². The summed E-state index contributed by atoms with van der Waals surface area (Å²) in [6, 6.07) is 1.28. The second-order valence-corrected chi connectivity index (χ2v) is 4.57. The topological polar surface area (TPSA) is 77.8 Å². The third-order valence-corrected chi connectivity index (χ3v) is 3.15. The van der Waals surface area contributed by atoms with Crippen molar-refractivity contribution in [1.29, 1.82) is 0 Å². The Hall–Kier alpha value is -1.86. The Bertz CT molecular complexity index is 528. The molecule has 0 saturated heterocycles. The van der Waals surface area contributed by atoms with Gasteiger partial charge in [-0.05, 0) is 19.1 Å². The van der Waals surface area contributed by atoms with Crippen molar-refractivity contribution >= 4 is 11.8 Å². The van der Waals surface area contributed by atoms with Gasteiger partial charge in [0.15, 0.2) is 11.6 Å². The van der Waals surface area contributed by atoms with Crippen LogP contribution in [0, 0.1) is 11.6 Å². The molecule has 0 bridgehead atoms. The molecule has 1 heterocycles. The molecule has 1 aromatic carbocycles. The number of carbonyl (C=O) groups excluding carboxylic acids is 2. The molecule has 0 saturated carbocycles. The Balaban J connectivity index is 2.56. The number of rotatable bonds is 3. The Morgan fingerprint density at radius 2 is 1.42 bits per heavy atom. The fraction of sp³-hybridized carbons (Fsp3) is 0.333. The predicted octanol–water partition coefficient (Wildman–Crippen LogP) is 0.304. The molecule has 0 unspecified atom stereocenters. The average molecular weight is 271 g/mol. The molecule has 0 fully saturated rings. The average Bonchev–Trinajstić information content (AvgIpc) is 2.62. The number of halogens is 2. The van der Waals surface area contributed by atoms with Gasteiger partial charge in [0.1, 0.15) is 0 Å². The van der Waals surface area contributed by atoms with Crippen LogP contribution in [0.15, 0.2) is 12.1 Å². The molecule has 2 rings (SSSR count). The summed E-state index contributed by atoms with van der Waals surface area (Å²) >= 11 is 0. The van der Waals surface area contributed by atoms with Gasteiger partial charge < -0.3 is 10.2 Å². The lowest BCUT2D eigenvalue weighted by Crippen LogP contribution is -2.54. The van der Waals surface area contributed by atoms with Crippen LogP contribution in [0.25, 0.3) is 0 Å². The highest BCUT2D eigenvalue weighted by molar-refractivity contribution is 6.21. The van der Waals surface area contributed by atoms with E-state index in [1.165, 1.54) is 6.92 Å². The van der Waals surface area contributed by atoms with Gasteiger partial charge in [-0.1, -0.05) is 0 Å². The van der Waals surface area contributed by atoms with Crippen molar-refractivity contribution in [2.75, 3.05) is 13.2 Å². The molecule has 19 heavy (non-hydrogen) atoms. The Morgan fingerprint density at radius 3 is 1.74 bits per heavy atom. The molecule has 1 aromatic rings. The molecule has 0 aromatic heterocycles. The zero-order valence-corrected chi connectivity index (χ0v) is 9.98. The van der Waals surface area contributed by atoms with Crippen molar-refractivity contribution < 1.29 is 28.6 Å². The maximum absolute atomic E-state index is 13.1. The lowest BCUT2D eigenvalue weighted by molar-refractivity contribution is 0.00987. The molecule has 0 aliphatic carbocycles. The van der Waals surface area contributed by atoms with Gasteiger partial charge >= 0.3 is 0 Å². The summed E-state index contributed by atoms with van der Waals surface area (Å²) in [7, 11) is 0. The second kappa shape index (κ2) is 4.36. The second-order valence-electron chi connectivity index (χ2n) is 4.57. The zero-order chi connectivity index (χ0) is 14.4. The minimum Gasteiger partial charge on any atom is -0.394 e. The molecule has 1 aliphatic rings. The minimum absolute atomic E-state index is 0.281. The summed E-state index contributed by atoms with van der Waals surface area (Å²) in [6.45, 7) is -0.0404. The first kappa shape index (κ1) is 13.6. The zero-order valence-electron chi connectivity index (χ0n) is 9.98. The molecular weight excluding hydrogens is 260 g/mol. The van der Waals surface area contributed by atoms with Crippen molar-refractivity contribution in [2.24, 2.45) is 0 Å². The fourth-order valence-corrected chi connectivity index (χ4v) is 1.92. The normalized spacial score (nSPS) is 15.1. The number of nitrogens with zero attached hydrogens (tertiary/aromatic N) is 1. The van der Waals surface area contributed by atoms with E-state index < -0.39 is 42.2 Å². The SMILES string of the molecule is CC(CO)(CO)N1C(=O)c2cc(F)c(F)cc2C1=O. The van der Waals surface area contributed by atoms with Crippen LogP contribution in [0.1, 0.15) is 27.6 Å². The Morgan fingerprint density at radius 1 is 1.05 bits per heavy atom. The van der Waals surface area contributed by atoms with E-state index in [4.69, 9.17) is 0 Å². The lowest BCUT2D eigenvalue weighted by atomic mass is 10.0. The molecule has 0 spiro atoms. The number of fused-ring (bicyclic) bond motifs is 1. The smallest absolute Gasteiger partial charge is 0.262 e. The van der Waals surface area contributed by atoms with Gasteiger partial charge in [0.25, 0.3) is 11.8 Å². The standard InChI is InChI=1S/C12H11F2NO4/c1-12(4-16,5-17)15-10(18)6-2-8(13)9(14)3-7(6)11(15)19/h2-3,16-17H,4-5H2,1H3. The first-order valence-corrected chi connectivity index (χ1v) is 5.45. The van der Waals surface area contributed by atoms with Crippen LogP contribution in [-0.2, 0) is 0 Å². The van der Waals surface area contributed by atoms with Crippen LogP contribution in [0.2, 0.25) is 0 Å². The molecule has 0 radical (unpaired) electrons. The van der Waals surface area contributed by atoms with Gasteiger partial charge in [0.05, 0.1) is 29.9 Å². The lowest BCUT2D eigenvalue weighted by Gasteiger charge is -2.33. The highest BCUT2D eigenvalue weighted by Gasteiger charge is 2.46. The molecule has 0 atom stereocenters. The first-order chi connectivity index (χ1) is 8.85. The van der Waals surface area contributed by atoms with Crippen LogP contribution in [0.4, 0.5) is 8.78 Å². The first-order valence-electron chi connectivity index (χ1n) is 5.45. The number of amides is 2. The maximum Gasteiger partial charge on any atom is 0.262 e. The van der Waals surface area contributed by atoms with Crippen LogP contribution >= 0.6 is 0 Å². The van der Waals surface area contributed by atoms with Crippen molar-refractivity contribution in [1.82, 2.24) is 4.90 Å². The Labute approximate surface area is 107 Å². The number of imide groups is 1. The van der Waals surface area contributed by atoms with E-state index in [0.29, 0.717) is 17.0 Å². The summed E-state index contributed by atoms with van der Waals surface area (Å²) in [4.78, 5) is 24.7. The largest absolute Gasteiger partial charge is 0.394 e. The molecule has 5 nitrogen and oxygen atoms in total. The van der Waals surface area contributed by atoms with Crippen molar-refractivity contribution in [3.05, 3.63) is 34.9 Å². The maximum atomic E-state index is 13.1. The number of aliphatic hydroxyl groups is 2. The monoisotopic (exact) mass is 271 g/mol. The van der Waals surface area contributed by atoms with Crippen molar-refractivity contribution in [3.8, 4) is 0 Å². The Kier molecular flexibility index (Phi) is 3.11. The van der Waals surface area contributed by atoms with E-state index in [1.54, 1.807) is 0 Å². The van der Waals surface area contributed by atoms with E-state index in [0.717, 1.165) is 0 Å².